The Morgan fingerprint density at radius 3 is 2.33 bits per heavy atom. The monoisotopic (exact) mass is 320 g/mol. The van der Waals surface area contributed by atoms with Crippen molar-refractivity contribution in [2.45, 2.75) is 23.7 Å². The molecule has 0 radical (unpaired) electrons. The van der Waals surface area contributed by atoms with Gasteiger partial charge in [-0.2, -0.15) is 0 Å². The second-order valence-electron chi connectivity index (χ2n) is 5.02. The Bertz CT molecular complexity index is 666. The number of benzene rings is 1. The maximum atomic E-state index is 13.1. The maximum absolute atomic E-state index is 13.1. The highest BCUT2D eigenvalue weighted by molar-refractivity contribution is 7.90. The fraction of sp³-hybridized carbons (Fsp3) is 0.500. The van der Waals surface area contributed by atoms with Gasteiger partial charge in [0.05, 0.1) is 9.82 Å². The van der Waals surface area contributed by atoms with Crippen LogP contribution < -0.4 is 4.90 Å². The van der Waals surface area contributed by atoms with Crippen molar-refractivity contribution in [1.29, 1.82) is 0 Å². The van der Waals surface area contributed by atoms with Crippen molar-refractivity contribution >= 4 is 21.2 Å². The Hall–Kier alpha value is -1.77. The Labute approximate surface area is 120 Å². The molecule has 1 heterocycles. The first kappa shape index (κ1) is 15.6. The van der Waals surface area contributed by atoms with E-state index in [0.29, 0.717) is 0 Å². The fourth-order valence-electron chi connectivity index (χ4n) is 2.22. The predicted octanol–water partition coefficient (Wildman–Crippen LogP) is 2.23. The van der Waals surface area contributed by atoms with Crippen LogP contribution in [0.3, 0.4) is 0 Å². The average Bonchev–Trinajstić information content (AvgIpc) is 2.37. The second-order valence-corrected chi connectivity index (χ2v) is 7.04. The summed E-state index contributed by atoms with van der Waals surface area (Å²) in [6, 6.07) is 3.53. The standard InChI is InChI=1S/C12H14F2N2O4S/c1-21(19,20)9-2-3-10(11(8-9)16(17)18)15-6-4-12(13,14)5-7-15/h2-3,8H,4-7H2,1H3. The average molecular weight is 320 g/mol. The van der Waals surface area contributed by atoms with E-state index in [9.17, 15) is 27.3 Å². The molecule has 0 aromatic heterocycles. The number of hydrogen-bond donors (Lipinski definition) is 0. The maximum Gasteiger partial charge on any atom is 0.293 e. The molecule has 9 heteroatoms. The third kappa shape index (κ3) is 3.46. The number of nitrogens with zero attached hydrogens (tertiary/aromatic N) is 2. The van der Waals surface area contributed by atoms with Crippen LogP contribution in [0.25, 0.3) is 0 Å². The first-order valence-corrected chi connectivity index (χ1v) is 8.11. The van der Waals surface area contributed by atoms with Gasteiger partial charge >= 0.3 is 0 Å². The third-order valence-corrected chi connectivity index (χ3v) is 4.52. The molecule has 0 spiro atoms. The minimum atomic E-state index is -3.57. The van der Waals surface area contributed by atoms with E-state index in [2.05, 4.69) is 0 Å². The van der Waals surface area contributed by atoms with Gasteiger partial charge in [0, 0.05) is 38.3 Å². The molecular formula is C12H14F2N2O4S. The molecule has 0 saturated carbocycles. The van der Waals surface area contributed by atoms with E-state index in [1.165, 1.54) is 17.0 Å². The Balaban J connectivity index is 2.38. The summed E-state index contributed by atoms with van der Waals surface area (Å²) >= 11 is 0. The summed E-state index contributed by atoms with van der Waals surface area (Å²) in [6.07, 6.45) is 0.198. The third-order valence-electron chi connectivity index (χ3n) is 3.41. The fourth-order valence-corrected chi connectivity index (χ4v) is 2.86. The summed E-state index contributed by atoms with van der Waals surface area (Å²) in [5.74, 6) is -2.75. The summed E-state index contributed by atoms with van der Waals surface area (Å²) < 4.78 is 49.2. The molecule has 21 heavy (non-hydrogen) atoms. The zero-order valence-corrected chi connectivity index (χ0v) is 12.1. The summed E-state index contributed by atoms with van der Waals surface area (Å²) in [6.45, 7) is -0.0158. The van der Waals surface area contributed by atoms with E-state index in [4.69, 9.17) is 0 Å². The number of nitro benzene ring substituents is 1. The van der Waals surface area contributed by atoms with Crippen LogP contribution in [0.2, 0.25) is 0 Å². The molecule has 1 aliphatic rings. The molecule has 0 bridgehead atoms. The first-order chi connectivity index (χ1) is 9.60. The van der Waals surface area contributed by atoms with E-state index in [0.717, 1.165) is 12.3 Å². The van der Waals surface area contributed by atoms with Crippen LogP contribution in [-0.2, 0) is 9.84 Å². The van der Waals surface area contributed by atoms with E-state index in [1.807, 2.05) is 0 Å². The summed E-state index contributed by atoms with van der Waals surface area (Å²) in [4.78, 5) is 11.7. The molecule has 0 unspecified atom stereocenters. The molecule has 0 amide bonds. The lowest BCUT2D eigenvalue weighted by Gasteiger charge is -2.33. The van der Waals surface area contributed by atoms with Crippen molar-refractivity contribution in [1.82, 2.24) is 0 Å². The van der Waals surface area contributed by atoms with Crippen LogP contribution in [0, 0.1) is 10.1 Å². The molecule has 116 valence electrons. The van der Waals surface area contributed by atoms with Crippen molar-refractivity contribution < 1.29 is 22.1 Å². The molecule has 1 fully saturated rings. The van der Waals surface area contributed by atoms with Crippen LogP contribution in [0.4, 0.5) is 20.2 Å². The van der Waals surface area contributed by atoms with Crippen LogP contribution in [0.1, 0.15) is 12.8 Å². The van der Waals surface area contributed by atoms with Crippen LogP contribution in [0.5, 0.6) is 0 Å². The van der Waals surface area contributed by atoms with Crippen molar-refractivity contribution in [3.05, 3.63) is 28.3 Å². The highest BCUT2D eigenvalue weighted by atomic mass is 32.2. The van der Waals surface area contributed by atoms with Crippen molar-refractivity contribution in [3.63, 3.8) is 0 Å². The van der Waals surface area contributed by atoms with Gasteiger partial charge in [-0.25, -0.2) is 17.2 Å². The zero-order valence-electron chi connectivity index (χ0n) is 11.3. The number of alkyl halides is 2. The lowest BCUT2D eigenvalue weighted by Crippen LogP contribution is -2.39. The second kappa shape index (κ2) is 5.21. The number of halogens is 2. The highest BCUT2D eigenvalue weighted by Crippen LogP contribution is 2.35. The molecule has 1 aromatic rings. The number of piperidine rings is 1. The van der Waals surface area contributed by atoms with Gasteiger partial charge in [0.15, 0.2) is 9.84 Å². The highest BCUT2D eigenvalue weighted by Gasteiger charge is 2.35. The smallest absolute Gasteiger partial charge is 0.293 e. The van der Waals surface area contributed by atoms with Crippen LogP contribution >= 0.6 is 0 Å². The quantitative estimate of drug-likeness (QED) is 0.630. The summed E-state index contributed by atoms with van der Waals surface area (Å²) in [7, 11) is -3.57. The van der Waals surface area contributed by atoms with E-state index in [1.54, 1.807) is 0 Å². The first-order valence-electron chi connectivity index (χ1n) is 6.21. The lowest BCUT2D eigenvalue weighted by atomic mass is 10.1. The van der Waals surface area contributed by atoms with E-state index >= 15 is 0 Å². The normalized spacial score (nSPS) is 18.5. The summed E-state index contributed by atoms with van der Waals surface area (Å²) in [5, 5.41) is 11.1. The number of sulfone groups is 1. The topological polar surface area (TPSA) is 80.5 Å². The van der Waals surface area contributed by atoms with Gasteiger partial charge in [-0.1, -0.05) is 0 Å². The van der Waals surface area contributed by atoms with Gasteiger partial charge in [-0.3, -0.25) is 10.1 Å². The minimum Gasteiger partial charge on any atom is -0.366 e. The largest absolute Gasteiger partial charge is 0.366 e. The lowest BCUT2D eigenvalue weighted by molar-refractivity contribution is -0.384. The van der Waals surface area contributed by atoms with Crippen molar-refractivity contribution in [2.75, 3.05) is 24.2 Å². The Morgan fingerprint density at radius 1 is 1.29 bits per heavy atom. The van der Waals surface area contributed by atoms with Crippen LogP contribution in [-0.4, -0.2) is 38.6 Å². The zero-order chi connectivity index (χ0) is 15.8. The molecule has 0 aliphatic carbocycles. The SMILES string of the molecule is CS(=O)(=O)c1ccc(N2CCC(F)(F)CC2)c([N+](=O)[O-])c1. The van der Waals surface area contributed by atoms with Crippen LogP contribution in [0.15, 0.2) is 23.1 Å². The van der Waals surface area contributed by atoms with Crippen molar-refractivity contribution in [2.24, 2.45) is 0 Å². The Kier molecular flexibility index (Phi) is 3.87. The number of nitro groups is 1. The molecule has 0 N–H and O–H groups in total. The van der Waals surface area contributed by atoms with Crippen molar-refractivity contribution in [3.8, 4) is 0 Å². The molecular weight excluding hydrogens is 306 g/mol. The molecule has 1 saturated heterocycles. The van der Waals surface area contributed by atoms with Gasteiger partial charge in [-0.15, -0.1) is 0 Å². The predicted molar refractivity (Wildman–Crippen MR) is 72.6 cm³/mol. The molecule has 1 aliphatic heterocycles. The molecule has 0 atom stereocenters. The van der Waals surface area contributed by atoms with Gasteiger partial charge in [0.1, 0.15) is 5.69 Å². The summed E-state index contributed by atoms with van der Waals surface area (Å²) in [5.41, 5.74) is -0.217. The van der Waals surface area contributed by atoms with E-state index < -0.39 is 20.7 Å². The minimum absolute atomic E-state index is 0.00788. The molecule has 2 rings (SSSR count). The number of anilines is 1. The molecule has 6 nitrogen and oxygen atoms in total. The van der Waals surface area contributed by atoms with Gasteiger partial charge < -0.3 is 4.90 Å². The van der Waals surface area contributed by atoms with E-state index in [-0.39, 0.29) is 42.2 Å². The van der Waals surface area contributed by atoms with Gasteiger partial charge in [-0.05, 0) is 12.1 Å². The Morgan fingerprint density at radius 2 is 1.86 bits per heavy atom. The number of rotatable bonds is 3. The number of hydrogen-bond acceptors (Lipinski definition) is 5. The molecule has 1 aromatic carbocycles. The van der Waals surface area contributed by atoms with Gasteiger partial charge in [0.2, 0.25) is 0 Å². The van der Waals surface area contributed by atoms with Gasteiger partial charge in [0.25, 0.3) is 11.6 Å².